The summed E-state index contributed by atoms with van der Waals surface area (Å²) in [5.41, 5.74) is 2.14. The zero-order chi connectivity index (χ0) is 18.5. The van der Waals surface area contributed by atoms with Gasteiger partial charge in [0.1, 0.15) is 0 Å². The summed E-state index contributed by atoms with van der Waals surface area (Å²) in [5, 5.41) is 5.17. The first-order valence-corrected chi connectivity index (χ1v) is 10.6. The summed E-state index contributed by atoms with van der Waals surface area (Å²) in [7, 11) is 0. The highest BCUT2D eigenvalue weighted by atomic mass is 32.1. The maximum atomic E-state index is 12.5. The van der Waals surface area contributed by atoms with E-state index in [9.17, 15) is 4.79 Å². The van der Waals surface area contributed by atoms with Gasteiger partial charge < -0.3 is 10.1 Å². The zero-order valence-electron chi connectivity index (χ0n) is 15.6. The summed E-state index contributed by atoms with van der Waals surface area (Å²) in [6.07, 6.45) is 2.30. The third kappa shape index (κ3) is 4.96. The lowest BCUT2D eigenvalue weighted by Crippen LogP contribution is -2.35. The number of amides is 1. The van der Waals surface area contributed by atoms with Crippen LogP contribution in [0.15, 0.2) is 41.8 Å². The second-order valence-corrected chi connectivity index (χ2v) is 8.26. The van der Waals surface area contributed by atoms with Crippen LogP contribution in [0.5, 0.6) is 0 Å². The standard InChI is InChI=1S/C21H27N3O2S/c25-21(16-24-9-1-3-19(24)20-4-2-14-27-20)22-18-7-5-17(6-8-18)15-23-10-12-26-13-11-23/h2,4-8,14,19H,1,3,9-13,15-16H2,(H,22,25)/t19-/m0/s1. The van der Waals surface area contributed by atoms with Crippen molar-refractivity contribution in [1.29, 1.82) is 0 Å². The summed E-state index contributed by atoms with van der Waals surface area (Å²) in [6.45, 7) is 5.99. The van der Waals surface area contributed by atoms with Gasteiger partial charge >= 0.3 is 0 Å². The fourth-order valence-corrected chi connectivity index (χ4v) is 4.81. The number of thiophene rings is 1. The number of hydrogen-bond donors (Lipinski definition) is 1. The lowest BCUT2D eigenvalue weighted by atomic mass is 10.2. The van der Waals surface area contributed by atoms with E-state index in [-0.39, 0.29) is 5.91 Å². The molecule has 1 N–H and O–H groups in total. The number of rotatable bonds is 6. The monoisotopic (exact) mass is 385 g/mol. The molecule has 0 saturated carbocycles. The van der Waals surface area contributed by atoms with E-state index in [0.29, 0.717) is 12.6 Å². The first kappa shape index (κ1) is 18.6. The summed E-state index contributed by atoms with van der Waals surface area (Å²) >= 11 is 1.79. The lowest BCUT2D eigenvalue weighted by molar-refractivity contribution is -0.117. The highest BCUT2D eigenvalue weighted by Gasteiger charge is 2.28. The van der Waals surface area contributed by atoms with E-state index in [1.807, 2.05) is 12.1 Å². The Kier molecular flexibility index (Phi) is 6.19. The summed E-state index contributed by atoms with van der Waals surface area (Å²) in [6, 6.07) is 12.9. The second-order valence-electron chi connectivity index (χ2n) is 7.28. The second kappa shape index (κ2) is 8.97. The smallest absolute Gasteiger partial charge is 0.238 e. The minimum absolute atomic E-state index is 0.0689. The molecular formula is C21H27N3O2S. The molecule has 1 aromatic heterocycles. The molecule has 0 unspecified atom stereocenters. The molecule has 0 aliphatic carbocycles. The molecule has 2 saturated heterocycles. The van der Waals surface area contributed by atoms with Crippen LogP contribution in [0.3, 0.4) is 0 Å². The van der Waals surface area contributed by atoms with Crippen molar-refractivity contribution in [2.75, 3.05) is 44.7 Å². The summed E-state index contributed by atoms with van der Waals surface area (Å²) < 4.78 is 5.39. The summed E-state index contributed by atoms with van der Waals surface area (Å²) in [4.78, 5) is 18.6. The van der Waals surface area contributed by atoms with Crippen LogP contribution in [0, 0.1) is 0 Å². The number of morpholine rings is 1. The third-order valence-electron chi connectivity index (χ3n) is 5.33. The maximum absolute atomic E-state index is 12.5. The molecule has 1 amide bonds. The third-order valence-corrected chi connectivity index (χ3v) is 6.30. The van der Waals surface area contributed by atoms with Gasteiger partial charge in [-0.15, -0.1) is 11.3 Å². The van der Waals surface area contributed by atoms with Crippen LogP contribution in [0.25, 0.3) is 0 Å². The SMILES string of the molecule is O=C(CN1CCC[C@H]1c1cccs1)Nc1ccc(CN2CCOCC2)cc1. The predicted molar refractivity (Wildman–Crippen MR) is 109 cm³/mol. The van der Waals surface area contributed by atoms with Gasteiger partial charge in [-0.3, -0.25) is 14.6 Å². The lowest BCUT2D eigenvalue weighted by Gasteiger charge is -2.26. The van der Waals surface area contributed by atoms with Crippen molar-refractivity contribution in [1.82, 2.24) is 9.80 Å². The van der Waals surface area contributed by atoms with Gasteiger partial charge in [0, 0.05) is 36.2 Å². The van der Waals surface area contributed by atoms with Crippen molar-refractivity contribution in [2.24, 2.45) is 0 Å². The minimum atomic E-state index is 0.0689. The maximum Gasteiger partial charge on any atom is 0.238 e. The average Bonchev–Trinajstić information content (AvgIpc) is 3.36. The Labute approximate surface area is 164 Å². The van der Waals surface area contributed by atoms with Crippen LogP contribution in [0.4, 0.5) is 5.69 Å². The number of ether oxygens (including phenoxy) is 1. The Morgan fingerprint density at radius 3 is 2.70 bits per heavy atom. The van der Waals surface area contributed by atoms with Gasteiger partial charge in [0.25, 0.3) is 0 Å². The molecule has 5 nitrogen and oxygen atoms in total. The van der Waals surface area contributed by atoms with Crippen LogP contribution >= 0.6 is 11.3 Å². The molecular weight excluding hydrogens is 358 g/mol. The van der Waals surface area contributed by atoms with Crippen molar-refractivity contribution in [3.63, 3.8) is 0 Å². The van der Waals surface area contributed by atoms with Crippen LogP contribution in [0.2, 0.25) is 0 Å². The number of anilines is 1. The van der Waals surface area contributed by atoms with Crippen molar-refractivity contribution < 1.29 is 9.53 Å². The first-order valence-electron chi connectivity index (χ1n) is 9.74. The molecule has 0 radical (unpaired) electrons. The molecule has 6 heteroatoms. The normalized spacial score (nSPS) is 21.4. The molecule has 1 aromatic carbocycles. The van der Waals surface area contributed by atoms with E-state index in [1.54, 1.807) is 11.3 Å². The Morgan fingerprint density at radius 1 is 1.15 bits per heavy atom. The van der Waals surface area contributed by atoms with Gasteiger partial charge in [-0.25, -0.2) is 0 Å². The Morgan fingerprint density at radius 2 is 1.96 bits per heavy atom. The van der Waals surface area contributed by atoms with Gasteiger partial charge in [-0.05, 0) is 48.5 Å². The largest absolute Gasteiger partial charge is 0.379 e. The number of benzene rings is 1. The molecule has 2 aromatic rings. The minimum Gasteiger partial charge on any atom is -0.379 e. The van der Waals surface area contributed by atoms with Gasteiger partial charge in [-0.1, -0.05) is 18.2 Å². The number of carbonyl (C=O) groups excluding carboxylic acids is 1. The topological polar surface area (TPSA) is 44.8 Å². The van der Waals surface area contributed by atoms with E-state index < -0.39 is 0 Å². The van der Waals surface area contributed by atoms with Crippen LogP contribution in [-0.4, -0.2) is 55.1 Å². The quantitative estimate of drug-likeness (QED) is 0.828. The fraction of sp³-hybridized carbons (Fsp3) is 0.476. The Hall–Kier alpha value is -1.73. The molecule has 3 heterocycles. The van der Waals surface area contributed by atoms with Gasteiger partial charge in [0.05, 0.1) is 19.8 Å². The average molecular weight is 386 g/mol. The van der Waals surface area contributed by atoms with E-state index in [0.717, 1.165) is 57.9 Å². The molecule has 2 aliphatic heterocycles. The van der Waals surface area contributed by atoms with Gasteiger partial charge in [0.2, 0.25) is 5.91 Å². The van der Waals surface area contributed by atoms with Crippen molar-refractivity contribution in [2.45, 2.75) is 25.4 Å². The number of nitrogens with zero attached hydrogens (tertiary/aromatic N) is 2. The molecule has 0 spiro atoms. The number of hydrogen-bond acceptors (Lipinski definition) is 5. The van der Waals surface area contributed by atoms with Crippen LogP contribution < -0.4 is 5.32 Å². The van der Waals surface area contributed by atoms with Crippen molar-refractivity contribution >= 4 is 22.9 Å². The molecule has 27 heavy (non-hydrogen) atoms. The molecule has 2 fully saturated rings. The van der Waals surface area contributed by atoms with Gasteiger partial charge in [-0.2, -0.15) is 0 Å². The number of carbonyl (C=O) groups is 1. The first-order chi connectivity index (χ1) is 13.3. The predicted octanol–water partition coefficient (Wildman–Crippen LogP) is 3.36. The number of likely N-dealkylation sites (tertiary alicyclic amines) is 1. The van der Waals surface area contributed by atoms with E-state index >= 15 is 0 Å². The van der Waals surface area contributed by atoms with Crippen LogP contribution in [-0.2, 0) is 16.1 Å². The molecule has 0 bridgehead atoms. The Bertz CT molecular complexity index is 726. The van der Waals surface area contributed by atoms with Gasteiger partial charge in [0.15, 0.2) is 0 Å². The van der Waals surface area contributed by atoms with Crippen LogP contribution in [0.1, 0.15) is 29.3 Å². The van der Waals surface area contributed by atoms with E-state index in [2.05, 4.69) is 44.8 Å². The molecule has 4 rings (SSSR count). The zero-order valence-corrected chi connectivity index (χ0v) is 16.4. The number of nitrogens with one attached hydrogen (secondary N) is 1. The highest BCUT2D eigenvalue weighted by Crippen LogP contribution is 2.34. The van der Waals surface area contributed by atoms with E-state index in [4.69, 9.17) is 4.74 Å². The van der Waals surface area contributed by atoms with Crippen molar-refractivity contribution in [3.8, 4) is 0 Å². The Balaban J connectivity index is 1.29. The van der Waals surface area contributed by atoms with E-state index in [1.165, 1.54) is 10.4 Å². The highest BCUT2D eigenvalue weighted by molar-refractivity contribution is 7.10. The van der Waals surface area contributed by atoms with Crippen molar-refractivity contribution in [3.05, 3.63) is 52.2 Å². The molecule has 144 valence electrons. The molecule has 2 aliphatic rings. The molecule has 1 atom stereocenters. The summed E-state index contributed by atoms with van der Waals surface area (Å²) in [5.74, 6) is 0.0689. The fourth-order valence-electron chi connectivity index (χ4n) is 3.91.